The zero-order valence-electron chi connectivity index (χ0n) is 45.3. The number of nitrogens with one attached hydrogen (secondary N) is 6. The van der Waals surface area contributed by atoms with Crippen molar-refractivity contribution in [2.45, 2.75) is 129 Å². The molecular formula is C54H72N12O13. The number of unbranched alkanes of at least 4 members (excludes halogenated alkanes) is 2. The number of imide groups is 1. The SMILES string of the molecule is CCOCc1nc2c(NC(=O)[C@@H]3CCCN3C(=O)O)nc3ccccc3c2n1CC(C)(C)OCCNC(=O)OCc1ccc(NC(=O)[C@H](CCCNC(N)=O)NC(=O)[C@@H](NC(=O)CCCCCN2C(=O)C=CC2=O)C(C)C)cc1. The molecule has 3 atom stereocenters. The molecule has 25 heteroatoms. The number of nitrogens with zero attached hydrogens (tertiary/aromatic N) is 5. The number of aromatic nitrogens is 3. The lowest BCUT2D eigenvalue weighted by atomic mass is 10.0. The van der Waals surface area contributed by atoms with Gasteiger partial charge in [-0.1, -0.05) is 50.6 Å². The van der Waals surface area contributed by atoms with Crippen molar-refractivity contribution in [3.63, 3.8) is 0 Å². The summed E-state index contributed by atoms with van der Waals surface area (Å²) >= 11 is 0. The fourth-order valence-corrected chi connectivity index (χ4v) is 9.14. The number of para-hydroxylation sites is 1. The molecule has 0 aliphatic carbocycles. The fraction of sp³-hybridized carbons (Fsp3) is 0.500. The molecule has 0 bridgehead atoms. The number of ether oxygens (including phenoxy) is 3. The smallest absolute Gasteiger partial charge is 0.407 e. The summed E-state index contributed by atoms with van der Waals surface area (Å²) in [6.45, 7) is 10.8. The third kappa shape index (κ3) is 17.2. The number of rotatable bonds is 29. The largest absolute Gasteiger partial charge is 0.465 e. The Morgan fingerprint density at radius 3 is 2.29 bits per heavy atom. The Morgan fingerprint density at radius 2 is 1.59 bits per heavy atom. The first kappa shape index (κ1) is 60.0. The maximum absolute atomic E-state index is 13.7. The van der Waals surface area contributed by atoms with Gasteiger partial charge in [-0.15, -0.1) is 0 Å². The minimum Gasteiger partial charge on any atom is -0.465 e. The third-order valence-electron chi connectivity index (χ3n) is 13.2. The van der Waals surface area contributed by atoms with Gasteiger partial charge in [0.2, 0.25) is 23.6 Å². The van der Waals surface area contributed by atoms with Gasteiger partial charge in [0.05, 0.1) is 29.8 Å². The third-order valence-corrected chi connectivity index (χ3v) is 13.2. The van der Waals surface area contributed by atoms with Crippen LogP contribution in [0.25, 0.3) is 21.9 Å². The quantitative estimate of drug-likeness (QED) is 0.0276. The summed E-state index contributed by atoms with van der Waals surface area (Å²) in [5, 5.41) is 26.8. The molecule has 6 rings (SSSR count). The summed E-state index contributed by atoms with van der Waals surface area (Å²) in [5.41, 5.74) is 7.05. The van der Waals surface area contributed by atoms with Gasteiger partial charge in [0, 0.05) is 62.4 Å². The van der Waals surface area contributed by atoms with E-state index in [1.165, 1.54) is 12.2 Å². The van der Waals surface area contributed by atoms with Crippen molar-refractivity contribution in [3.8, 4) is 0 Å². The second kappa shape index (κ2) is 28.4. The molecule has 2 aliphatic heterocycles. The van der Waals surface area contributed by atoms with Crippen molar-refractivity contribution in [3.05, 3.63) is 72.1 Å². The Bertz CT molecular complexity index is 2870. The van der Waals surface area contributed by atoms with Crippen LogP contribution >= 0.6 is 0 Å². The molecule has 2 aliphatic rings. The molecule has 0 unspecified atom stereocenters. The minimum absolute atomic E-state index is 0.0986. The van der Waals surface area contributed by atoms with Gasteiger partial charge < -0.3 is 61.5 Å². The Labute approximate surface area is 457 Å². The summed E-state index contributed by atoms with van der Waals surface area (Å²) in [7, 11) is 0. The van der Waals surface area contributed by atoms with Crippen LogP contribution in [-0.2, 0) is 62.7 Å². The number of benzene rings is 2. The number of primary amides is 1. The number of alkyl carbamates (subject to hydrolysis) is 1. The number of amides is 10. The van der Waals surface area contributed by atoms with Crippen LogP contribution in [0.4, 0.5) is 25.9 Å². The molecule has 1 saturated heterocycles. The second-order valence-corrected chi connectivity index (χ2v) is 20.1. The van der Waals surface area contributed by atoms with Gasteiger partial charge in [-0.2, -0.15) is 0 Å². The number of imidazole rings is 1. The van der Waals surface area contributed by atoms with Gasteiger partial charge in [0.15, 0.2) is 5.82 Å². The number of pyridine rings is 1. The first-order chi connectivity index (χ1) is 37.7. The molecule has 0 radical (unpaired) electrons. The number of nitrogens with two attached hydrogens (primary N) is 1. The molecule has 4 heterocycles. The van der Waals surface area contributed by atoms with E-state index >= 15 is 0 Å². The number of hydrogen-bond acceptors (Lipinski definition) is 14. The molecule has 426 valence electrons. The van der Waals surface area contributed by atoms with E-state index in [1.807, 2.05) is 49.6 Å². The van der Waals surface area contributed by atoms with Crippen molar-refractivity contribution >= 4 is 87.1 Å². The predicted molar refractivity (Wildman–Crippen MR) is 290 cm³/mol. The predicted octanol–water partition coefficient (Wildman–Crippen LogP) is 4.42. The topological polar surface area (TPSA) is 337 Å². The highest BCUT2D eigenvalue weighted by atomic mass is 16.5. The number of carbonyl (C=O) groups excluding carboxylic acids is 8. The molecule has 2 aromatic heterocycles. The zero-order valence-corrected chi connectivity index (χ0v) is 45.3. The van der Waals surface area contributed by atoms with E-state index in [9.17, 15) is 48.3 Å². The van der Waals surface area contributed by atoms with Crippen molar-refractivity contribution in [1.82, 2.24) is 45.6 Å². The summed E-state index contributed by atoms with van der Waals surface area (Å²) < 4.78 is 19.5. The Balaban J connectivity index is 0.988. The lowest BCUT2D eigenvalue weighted by Crippen LogP contribution is -2.54. The normalized spacial score (nSPS) is 15.1. The van der Waals surface area contributed by atoms with E-state index in [-0.39, 0.29) is 101 Å². The molecule has 10 amide bonds. The first-order valence-corrected chi connectivity index (χ1v) is 26.5. The first-order valence-electron chi connectivity index (χ1n) is 26.5. The molecular weight excluding hydrogens is 1020 g/mol. The van der Waals surface area contributed by atoms with E-state index in [2.05, 4.69) is 31.9 Å². The molecule has 9 N–H and O–H groups in total. The summed E-state index contributed by atoms with van der Waals surface area (Å²) in [6, 6.07) is 10.3. The van der Waals surface area contributed by atoms with Crippen molar-refractivity contribution in [2.24, 2.45) is 11.7 Å². The van der Waals surface area contributed by atoms with Crippen LogP contribution in [0, 0.1) is 5.92 Å². The molecule has 2 aromatic carbocycles. The fourth-order valence-electron chi connectivity index (χ4n) is 9.14. The van der Waals surface area contributed by atoms with E-state index in [0.29, 0.717) is 72.3 Å². The number of carbonyl (C=O) groups is 9. The molecule has 0 spiro atoms. The zero-order chi connectivity index (χ0) is 57.2. The summed E-state index contributed by atoms with van der Waals surface area (Å²) in [5.74, 6) is -2.32. The van der Waals surface area contributed by atoms with Crippen LogP contribution in [0.5, 0.6) is 0 Å². The van der Waals surface area contributed by atoms with Gasteiger partial charge in [0.1, 0.15) is 42.7 Å². The number of fused-ring (bicyclic) bond motifs is 3. The standard InChI is InChI=1S/C54H72N12O13/c1-6-77-31-40-61-45-46(36-14-9-10-15-37(36)59-47(45)63-49(71)39-17-13-28-64(39)53(75)76)66(40)32-54(4,5)79-29-26-57-52(74)78-30-34-19-21-35(22-20-34)58-48(70)38(16-12-25-56-51(55)73)60-50(72)44(33(2)3)62-41(67)18-8-7-11-27-65-42(68)23-24-43(65)69/h9-10,14-15,19-24,33,38-39,44H,6-8,11-13,16-18,25-32H2,1-5H3,(H,57,74)(H,58,70)(H,60,72)(H,62,67)(H,75,76)(H3,55,56,73)(H,59,63,71)/t38-,39-,44-/m0/s1. The molecule has 25 nitrogen and oxygen atoms in total. The monoisotopic (exact) mass is 1100 g/mol. The summed E-state index contributed by atoms with van der Waals surface area (Å²) in [4.78, 5) is 125. The number of urea groups is 1. The number of likely N-dealkylation sites (tertiary alicyclic amines) is 1. The average molecular weight is 1100 g/mol. The van der Waals surface area contributed by atoms with Crippen LogP contribution in [0.3, 0.4) is 0 Å². The lowest BCUT2D eigenvalue weighted by Gasteiger charge is -2.27. The minimum atomic E-state index is -1.16. The van der Waals surface area contributed by atoms with Crippen LogP contribution in [0.1, 0.15) is 97.4 Å². The van der Waals surface area contributed by atoms with Crippen LogP contribution < -0.4 is 37.6 Å². The maximum Gasteiger partial charge on any atom is 0.407 e. The molecule has 1 fully saturated rings. The van der Waals surface area contributed by atoms with Gasteiger partial charge >= 0.3 is 18.2 Å². The van der Waals surface area contributed by atoms with Crippen LogP contribution in [0.2, 0.25) is 0 Å². The van der Waals surface area contributed by atoms with E-state index in [1.54, 1.807) is 38.1 Å². The maximum atomic E-state index is 13.7. The van der Waals surface area contributed by atoms with Gasteiger partial charge in [-0.25, -0.2) is 24.4 Å². The number of carboxylic acid groups (broad SMARTS) is 1. The Morgan fingerprint density at radius 1 is 0.861 bits per heavy atom. The Hall–Kier alpha value is -8.19. The molecule has 79 heavy (non-hydrogen) atoms. The van der Waals surface area contributed by atoms with Gasteiger partial charge in [0.25, 0.3) is 11.8 Å². The summed E-state index contributed by atoms with van der Waals surface area (Å²) in [6.07, 6.45) is 3.59. The molecule has 0 saturated carbocycles. The average Bonchev–Trinajstić information content (AvgIpc) is 4.36. The van der Waals surface area contributed by atoms with Gasteiger partial charge in [-0.05, 0) is 89.0 Å². The second-order valence-electron chi connectivity index (χ2n) is 20.1. The van der Waals surface area contributed by atoms with E-state index in [4.69, 9.17) is 29.9 Å². The van der Waals surface area contributed by atoms with Gasteiger partial charge in [-0.3, -0.25) is 38.6 Å². The number of anilines is 2. The number of hydrogen-bond donors (Lipinski definition) is 8. The van der Waals surface area contributed by atoms with E-state index < -0.39 is 59.7 Å². The lowest BCUT2D eigenvalue weighted by molar-refractivity contribution is -0.137. The highest BCUT2D eigenvalue weighted by molar-refractivity contribution is 6.13. The highest BCUT2D eigenvalue weighted by Gasteiger charge is 2.36. The molecule has 4 aromatic rings. The van der Waals surface area contributed by atoms with Crippen molar-refractivity contribution < 1.29 is 62.5 Å². The van der Waals surface area contributed by atoms with Crippen molar-refractivity contribution in [2.75, 3.05) is 50.0 Å². The van der Waals surface area contributed by atoms with Crippen molar-refractivity contribution in [1.29, 1.82) is 0 Å². The highest BCUT2D eigenvalue weighted by Crippen LogP contribution is 2.33. The van der Waals surface area contributed by atoms with Crippen LogP contribution in [-0.4, -0.2) is 146 Å². The van der Waals surface area contributed by atoms with Crippen LogP contribution in [0.15, 0.2) is 60.7 Å². The Kier molecular flexibility index (Phi) is 21.6. The van der Waals surface area contributed by atoms with E-state index in [0.717, 1.165) is 15.2 Å².